The Balaban J connectivity index is 0.00000924. The number of unbranched alkanes of at least 4 members (excludes halogenated alkanes) is 16. The molecule has 43 heavy (non-hydrogen) atoms. The number of methoxy groups -OCH3 is 1. The number of hydrogen-bond acceptors (Lipinski definition) is 6. The van der Waals surface area contributed by atoms with E-state index in [0.717, 1.165) is 45.1 Å². The van der Waals surface area contributed by atoms with Crippen LogP contribution in [0.1, 0.15) is 135 Å². The molecule has 0 spiro atoms. The van der Waals surface area contributed by atoms with Crippen LogP contribution in [0.4, 0.5) is 9.59 Å². The smallest absolute Gasteiger partial charge is 0.411 e. The van der Waals surface area contributed by atoms with E-state index in [0.29, 0.717) is 26.1 Å². The summed E-state index contributed by atoms with van der Waals surface area (Å²) in [5.41, 5.74) is 2.10. The fourth-order valence-corrected chi connectivity index (χ4v) is 6.22. The van der Waals surface area contributed by atoms with E-state index in [9.17, 15) is 9.59 Å². The number of aromatic nitrogens is 1. The Hall–Kier alpha value is -1.39. The van der Waals surface area contributed by atoms with Gasteiger partial charge in [0.1, 0.15) is 12.6 Å². The zero-order valence-corrected chi connectivity index (χ0v) is 29.5. The number of nitrogens with one attached hydrogen (secondary N) is 1. The van der Waals surface area contributed by atoms with Crippen molar-refractivity contribution < 1.29 is 45.3 Å². The molecule has 8 nitrogen and oxygen atoms in total. The molecule has 2 atom stereocenters. The highest BCUT2D eigenvalue weighted by Gasteiger charge is 2.37. The number of nitrogens with zero attached hydrogens (tertiary/aromatic N) is 2. The van der Waals surface area contributed by atoms with E-state index in [1.165, 1.54) is 90.6 Å². The molecule has 0 aromatic carbocycles. The predicted molar refractivity (Wildman–Crippen MR) is 170 cm³/mol. The zero-order chi connectivity index (χ0) is 30.1. The van der Waals surface area contributed by atoms with E-state index in [2.05, 4.69) is 33.9 Å². The molecule has 0 unspecified atom stereocenters. The van der Waals surface area contributed by atoms with Crippen molar-refractivity contribution in [3.05, 3.63) is 17.1 Å². The highest BCUT2D eigenvalue weighted by molar-refractivity contribution is 7.07. The maximum Gasteiger partial charge on any atom is 0.411 e. The summed E-state index contributed by atoms with van der Waals surface area (Å²) in [5, 5.41) is 4.97. The number of hydrogen-bond donors (Lipinski definition) is 1. The molecule has 0 saturated carbocycles. The van der Waals surface area contributed by atoms with Crippen LogP contribution in [0, 0.1) is 0 Å². The van der Waals surface area contributed by atoms with Crippen molar-refractivity contribution >= 4 is 23.5 Å². The van der Waals surface area contributed by atoms with Crippen molar-refractivity contribution in [3.8, 4) is 0 Å². The molecular weight excluding hydrogens is 630 g/mol. The fourth-order valence-electron chi connectivity index (χ4n) is 5.59. The van der Waals surface area contributed by atoms with Crippen molar-refractivity contribution in [1.82, 2.24) is 10.2 Å². The normalized spacial score (nSPS) is 16.3. The molecule has 1 aromatic rings. The molecule has 1 N–H and O–H groups in total. The maximum absolute atomic E-state index is 12.6. The average Bonchev–Trinajstić information content (AvgIpc) is 3.52. The van der Waals surface area contributed by atoms with Crippen LogP contribution >= 0.6 is 11.3 Å². The molecule has 2 heterocycles. The van der Waals surface area contributed by atoms with E-state index < -0.39 is 24.5 Å². The van der Waals surface area contributed by atoms with Crippen molar-refractivity contribution in [2.24, 2.45) is 0 Å². The second kappa shape index (κ2) is 27.0. The van der Waals surface area contributed by atoms with Crippen molar-refractivity contribution in [1.29, 1.82) is 0 Å². The van der Waals surface area contributed by atoms with E-state index in [4.69, 9.17) is 14.2 Å². The number of carbonyl (C=O) groups is 2. The van der Waals surface area contributed by atoms with Crippen LogP contribution in [-0.2, 0) is 20.8 Å². The van der Waals surface area contributed by atoms with Gasteiger partial charge in [-0.25, -0.2) is 9.59 Å². The van der Waals surface area contributed by atoms with Gasteiger partial charge in [0.15, 0.2) is 12.4 Å². The Morgan fingerprint density at radius 3 is 2.09 bits per heavy atom. The predicted octanol–water partition coefficient (Wildman–Crippen LogP) is 5.38. The molecule has 250 valence electrons. The second-order valence-electron chi connectivity index (χ2n) is 11.7. The first-order valence-corrected chi connectivity index (χ1v) is 17.9. The summed E-state index contributed by atoms with van der Waals surface area (Å²) in [6, 6.07) is 0. The van der Waals surface area contributed by atoms with Gasteiger partial charge in [0.05, 0.1) is 12.5 Å². The van der Waals surface area contributed by atoms with Crippen LogP contribution in [0.25, 0.3) is 0 Å². The van der Waals surface area contributed by atoms with Crippen LogP contribution in [-0.4, -0.2) is 56.2 Å². The van der Waals surface area contributed by atoms with Crippen molar-refractivity contribution in [2.75, 3.05) is 26.8 Å². The first-order valence-electron chi connectivity index (χ1n) is 17.0. The summed E-state index contributed by atoms with van der Waals surface area (Å²) in [4.78, 5) is 26.7. The van der Waals surface area contributed by atoms with Crippen LogP contribution in [0.15, 0.2) is 17.1 Å². The van der Waals surface area contributed by atoms with Gasteiger partial charge in [-0.15, -0.1) is 0 Å². The van der Waals surface area contributed by atoms with E-state index in [1.54, 1.807) is 16.2 Å². The van der Waals surface area contributed by atoms with E-state index in [1.807, 2.05) is 0 Å². The van der Waals surface area contributed by atoms with E-state index in [-0.39, 0.29) is 17.0 Å². The Bertz CT molecular complexity index is 802. The maximum atomic E-state index is 12.6. The first-order chi connectivity index (χ1) is 20.7. The highest BCUT2D eigenvalue weighted by Crippen LogP contribution is 2.22. The monoisotopic (exact) mass is 689 g/mol. The van der Waals surface area contributed by atoms with Gasteiger partial charge < -0.3 is 36.5 Å². The number of ether oxygens (including phenoxy) is 3. The van der Waals surface area contributed by atoms with Gasteiger partial charge in [0.25, 0.3) is 0 Å². The van der Waals surface area contributed by atoms with Gasteiger partial charge in [0.2, 0.25) is 5.51 Å². The Morgan fingerprint density at radius 2 is 1.51 bits per heavy atom. The van der Waals surface area contributed by atoms with Gasteiger partial charge >= 0.3 is 12.2 Å². The van der Waals surface area contributed by atoms with Gasteiger partial charge in [-0.3, -0.25) is 4.90 Å². The van der Waals surface area contributed by atoms with Crippen molar-refractivity contribution in [2.45, 2.75) is 154 Å². The molecule has 1 aliphatic heterocycles. The Kier molecular flexibility index (Phi) is 24.9. The SMILES string of the molecule is CCCCCCCCCCCCCCCCCNC(=O)O[C@@H]1CCCO[C@H]1N(CCCCC[n+]1ccsc1)C(=O)OC.[Br-]. The summed E-state index contributed by atoms with van der Waals surface area (Å²) < 4.78 is 18.9. The molecule has 1 aliphatic rings. The minimum atomic E-state index is -0.617. The van der Waals surface area contributed by atoms with Gasteiger partial charge in [-0.05, 0) is 32.1 Å². The number of aryl methyl sites for hydroxylation is 1. The fraction of sp³-hybridized carbons (Fsp3) is 0.848. The molecule has 0 aliphatic carbocycles. The average molecular weight is 691 g/mol. The second-order valence-corrected chi connectivity index (χ2v) is 12.5. The number of halogens is 1. The first kappa shape index (κ1) is 39.6. The number of alkyl carbamates (subject to hydrolysis) is 1. The minimum absolute atomic E-state index is 0. The summed E-state index contributed by atoms with van der Waals surface area (Å²) in [6.07, 6.45) is 24.2. The van der Waals surface area contributed by atoms with Gasteiger partial charge in [-0.2, -0.15) is 4.57 Å². The molecular formula is C33H60BrN3O5S. The summed E-state index contributed by atoms with van der Waals surface area (Å²) in [7, 11) is 1.38. The number of thiazole rings is 1. The zero-order valence-electron chi connectivity index (χ0n) is 27.1. The molecule has 0 bridgehead atoms. The topological polar surface area (TPSA) is 81.0 Å². The Labute approximate surface area is 276 Å². The lowest BCUT2D eigenvalue weighted by molar-refractivity contribution is -0.692. The lowest BCUT2D eigenvalue weighted by Gasteiger charge is -2.38. The lowest BCUT2D eigenvalue weighted by atomic mass is 10.0. The largest absolute Gasteiger partial charge is 1.00 e. The number of rotatable bonds is 24. The third-order valence-corrected chi connectivity index (χ3v) is 8.78. The quantitative estimate of drug-likeness (QED) is 0.116. The molecule has 2 amide bonds. The molecule has 1 aromatic heterocycles. The van der Waals surface area contributed by atoms with Crippen molar-refractivity contribution in [3.63, 3.8) is 0 Å². The van der Waals surface area contributed by atoms with Crippen LogP contribution in [0.3, 0.4) is 0 Å². The third-order valence-electron chi connectivity index (χ3n) is 8.11. The van der Waals surface area contributed by atoms with Crippen LogP contribution < -0.4 is 26.9 Å². The van der Waals surface area contributed by atoms with E-state index >= 15 is 0 Å². The Morgan fingerprint density at radius 1 is 0.907 bits per heavy atom. The molecule has 0 radical (unpaired) electrons. The van der Waals surface area contributed by atoms with Crippen LogP contribution in [0.5, 0.6) is 0 Å². The molecule has 1 fully saturated rings. The standard InChI is InChI=1S/C33H59N3O5S.BrH/c1-3-4-5-6-7-8-9-10-11-12-13-14-15-16-18-23-34-32(37)41-30-22-21-27-40-31(30)36(33(38)39-2)25-20-17-19-24-35-26-28-42-29-35;/h26,28-31H,3-25,27H2,1-2H3;1H/t30-,31-;/m1./s1. The molecule has 2 rings (SSSR count). The summed E-state index contributed by atoms with van der Waals surface area (Å²) >= 11 is 1.68. The lowest BCUT2D eigenvalue weighted by Crippen LogP contribution is -3.00. The van der Waals surface area contributed by atoms with Gasteiger partial charge in [0, 0.05) is 26.1 Å². The summed E-state index contributed by atoms with van der Waals surface area (Å²) in [6.45, 7) is 4.89. The van der Waals surface area contributed by atoms with Gasteiger partial charge in [-0.1, -0.05) is 108 Å². The minimum Gasteiger partial charge on any atom is -1.00 e. The number of carbonyl (C=O) groups excluding carboxylic acids is 2. The van der Waals surface area contributed by atoms with Crippen LogP contribution in [0.2, 0.25) is 0 Å². The third kappa shape index (κ3) is 18.9. The summed E-state index contributed by atoms with van der Waals surface area (Å²) in [5.74, 6) is 0. The molecule has 1 saturated heterocycles. The highest BCUT2D eigenvalue weighted by atomic mass is 79.9. The molecule has 10 heteroatoms. The number of amides is 2.